The van der Waals surface area contributed by atoms with Gasteiger partial charge in [-0.15, -0.1) is 0 Å². The van der Waals surface area contributed by atoms with Gasteiger partial charge in [0.05, 0.1) is 18.2 Å². The Labute approximate surface area is 158 Å². The molecule has 1 aromatic heterocycles. The molecule has 0 spiro atoms. The second kappa shape index (κ2) is 7.66. The van der Waals surface area contributed by atoms with E-state index >= 15 is 0 Å². The van der Waals surface area contributed by atoms with Gasteiger partial charge >= 0.3 is 0 Å². The van der Waals surface area contributed by atoms with Crippen molar-refractivity contribution >= 4 is 22.6 Å². The minimum absolute atomic E-state index is 0.00955. The monoisotopic (exact) mass is 362 g/mol. The Balaban J connectivity index is 1.29. The van der Waals surface area contributed by atoms with E-state index < -0.39 is 0 Å². The van der Waals surface area contributed by atoms with E-state index in [1.807, 2.05) is 23.1 Å². The van der Waals surface area contributed by atoms with E-state index in [2.05, 4.69) is 29.6 Å². The number of nitrogens with one attached hydrogen (secondary N) is 1. The van der Waals surface area contributed by atoms with Crippen LogP contribution in [0.1, 0.15) is 28.8 Å². The predicted octanol–water partition coefficient (Wildman–Crippen LogP) is 3.40. The van der Waals surface area contributed by atoms with Gasteiger partial charge in [-0.3, -0.25) is 9.59 Å². The van der Waals surface area contributed by atoms with Gasteiger partial charge in [0.1, 0.15) is 6.26 Å². The summed E-state index contributed by atoms with van der Waals surface area (Å²) in [5.41, 5.74) is 1.59. The summed E-state index contributed by atoms with van der Waals surface area (Å²) in [5.74, 6) is 0.0228. The van der Waals surface area contributed by atoms with Crippen molar-refractivity contribution in [2.45, 2.75) is 25.3 Å². The van der Waals surface area contributed by atoms with Crippen LogP contribution in [-0.4, -0.2) is 35.8 Å². The summed E-state index contributed by atoms with van der Waals surface area (Å²) in [7, 11) is 0. The van der Waals surface area contributed by atoms with Crippen molar-refractivity contribution in [3.05, 3.63) is 72.2 Å². The van der Waals surface area contributed by atoms with E-state index in [4.69, 9.17) is 4.42 Å². The minimum Gasteiger partial charge on any atom is -0.472 e. The summed E-state index contributed by atoms with van der Waals surface area (Å²) < 4.78 is 4.98. The highest BCUT2D eigenvalue weighted by atomic mass is 16.3. The van der Waals surface area contributed by atoms with E-state index in [-0.39, 0.29) is 17.9 Å². The van der Waals surface area contributed by atoms with Crippen LogP contribution in [0.25, 0.3) is 10.8 Å². The molecule has 0 atom stereocenters. The average Bonchev–Trinajstić information content (AvgIpc) is 3.23. The third-order valence-corrected chi connectivity index (χ3v) is 5.09. The van der Waals surface area contributed by atoms with Crippen LogP contribution in [0.2, 0.25) is 0 Å². The lowest BCUT2D eigenvalue weighted by Crippen LogP contribution is -2.46. The second-order valence-corrected chi connectivity index (χ2v) is 7.00. The molecule has 27 heavy (non-hydrogen) atoms. The highest BCUT2D eigenvalue weighted by Crippen LogP contribution is 2.17. The third kappa shape index (κ3) is 4.03. The molecule has 5 heteroatoms. The Bertz CT molecular complexity index is 941. The lowest BCUT2D eigenvalue weighted by molar-refractivity contribution is -0.121. The quantitative estimate of drug-likeness (QED) is 0.774. The van der Waals surface area contributed by atoms with Crippen LogP contribution in [0.15, 0.2) is 65.5 Å². The molecule has 2 heterocycles. The number of rotatable bonds is 4. The highest BCUT2D eigenvalue weighted by molar-refractivity contribution is 5.94. The normalized spacial score (nSPS) is 15.0. The maximum absolute atomic E-state index is 12.4. The number of likely N-dealkylation sites (tertiary alicyclic amines) is 1. The van der Waals surface area contributed by atoms with Gasteiger partial charge in [0, 0.05) is 19.1 Å². The van der Waals surface area contributed by atoms with E-state index in [0.29, 0.717) is 25.1 Å². The van der Waals surface area contributed by atoms with Crippen LogP contribution >= 0.6 is 0 Å². The van der Waals surface area contributed by atoms with Gasteiger partial charge in [-0.05, 0) is 35.2 Å². The van der Waals surface area contributed by atoms with Gasteiger partial charge in [-0.1, -0.05) is 42.5 Å². The number of hydrogen-bond acceptors (Lipinski definition) is 3. The number of benzene rings is 2. The maximum Gasteiger partial charge on any atom is 0.257 e. The first-order valence-corrected chi connectivity index (χ1v) is 9.27. The molecule has 2 aromatic carbocycles. The summed E-state index contributed by atoms with van der Waals surface area (Å²) in [5, 5.41) is 5.44. The first-order chi connectivity index (χ1) is 13.2. The Morgan fingerprint density at radius 2 is 1.81 bits per heavy atom. The molecule has 0 unspecified atom stereocenters. The summed E-state index contributed by atoms with van der Waals surface area (Å²) in [4.78, 5) is 26.5. The molecule has 0 aliphatic carbocycles. The first-order valence-electron chi connectivity index (χ1n) is 9.27. The average molecular weight is 362 g/mol. The number of amides is 2. The predicted molar refractivity (Wildman–Crippen MR) is 103 cm³/mol. The summed E-state index contributed by atoms with van der Waals surface area (Å²) in [6.07, 6.45) is 4.89. The number of nitrogens with zero attached hydrogens (tertiary/aromatic N) is 1. The zero-order chi connectivity index (χ0) is 18.6. The number of furan rings is 1. The Kier molecular flexibility index (Phi) is 4.92. The second-order valence-electron chi connectivity index (χ2n) is 7.00. The number of carbonyl (C=O) groups is 2. The first kappa shape index (κ1) is 17.3. The Hall–Kier alpha value is -3.08. The van der Waals surface area contributed by atoms with Crippen molar-refractivity contribution in [3.8, 4) is 0 Å². The van der Waals surface area contributed by atoms with Crippen molar-refractivity contribution < 1.29 is 14.0 Å². The van der Waals surface area contributed by atoms with E-state index in [1.165, 1.54) is 17.9 Å². The summed E-state index contributed by atoms with van der Waals surface area (Å²) >= 11 is 0. The van der Waals surface area contributed by atoms with Crippen LogP contribution in [0, 0.1) is 0 Å². The van der Waals surface area contributed by atoms with Crippen molar-refractivity contribution in [3.63, 3.8) is 0 Å². The fourth-order valence-corrected chi connectivity index (χ4v) is 3.61. The number of fused-ring (bicyclic) bond motifs is 1. The van der Waals surface area contributed by atoms with Crippen molar-refractivity contribution in [2.24, 2.45) is 0 Å². The van der Waals surface area contributed by atoms with Crippen LogP contribution in [0.3, 0.4) is 0 Å². The van der Waals surface area contributed by atoms with Gasteiger partial charge in [-0.25, -0.2) is 0 Å². The Morgan fingerprint density at radius 3 is 2.56 bits per heavy atom. The molecule has 138 valence electrons. The molecule has 1 N–H and O–H groups in total. The van der Waals surface area contributed by atoms with Gasteiger partial charge in [0.25, 0.3) is 5.91 Å². The number of piperidine rings is 1. The van der Waals surface area contributed by atoms with Crippen molar-refractivity contribution in [2.75, 3.05) is 13.1 Å². The Morgan fingerprint density at radius 1 is 1.04 bits per heavy atom. The maximum atomic E-state index is 12.4. The largest absolute Gasteiger partial charge is 0.472 e. The number of carbonyl (C=O) groups excluding carboxylic acids is 2. The van der Waals surface area contributed by atoms with Crippen LogP contribution in [0.4, 0.5) is 0 Å². The molecule has 0 saturated carbocycles. The highest BCUT2D eigenvalue weighted by Gasteiger charge is 2.25. The molecule has 5 nitrogen and oxygen atoms in total. The molecule has 2 amide bonds. The van der Waals surface area contributed by atoms with E-state index in [1.54, 1.807) is 6.07 Å². The zero-order valence-electron chi connectivity index (χ0n) is 15.1. The van der Waals surface area contributed by atoms with Gasteiger partial charge in [0.15, 0.2) is 0 Å². The fourth-order valence-electron chi connectivity index (χ4n) is 3.61. The lowest BCUT2D eigenvalue weighted by atomic mass is 10.0. The minimum atomic E-state index is -0.00955. The van der Waals surface area contributed by atoms with Crippen LogP contribution in [0.5, 0.6) is 0 Å². The zero-order valence-corrected chi connectivity index (χ0v) is 15.1. The molecule has 4 rings (SSSR count). The van der Waals surface area contributed by atoms with E-state index in [9.17, 15) is 9.59 Å². The van der Waals surface area contributed by atoms with Crippen LogP contribution in [-0.2, 0) is 11.2 Å². The topological polar surface area (TPSA) is 62.6 Å². The van der Waals surface area contributed by atoms with Gasteiger partial charge in [0.2, 0.25) is 5.91 Å². The molecule has 3 aromatic rings. The van der Waals surface area contributed by atoms with Crippen LogP contribution < -0.4 is 5.32 Å². The number of hydrogen-bond donors (Lipinski definition) is 1. The lowest BCUT2D eigenvalue weighted by Gasteiger charge is -2.32. The molecule has 1 saturated heterocycles. The fraction of sp³-hybridized carbons (Fsp3) is 0.273. The molecular formula is C22H22N2O3. The van der Waals surface area contributed by atoms with Gasteiger partial charge < -0.3 is 14.6 Å². The van der Waals surface area contributed by atoms with Gasteiger partial charge in [-0.2, -0.15) is 0 Å². The van der Waals surface area contributed by atoms with E-state index in [0.717, 1.165) is 23.8 Å². The molecule has 1 fully saturated rings. The SMILES string of the molecule is O=C(Cc1ccc2ccccc2c1)NC1CCN(C(=O)c2ccoc2)CC1. The van der Waals surface area contributed by atoms with Crippen molar-refractivity contribution in [1.29, 1.82) is 0 Å². The third-order valence-electron chi connectivity index (χ3n) is 5.09. The standard InChI is InChI=1S/C22H22N2O3/c25-21(14-16-5-6-17-3-1-2-4-18(17)13-16)23-20-7-10-24(11-8-20)22(26)19-9-12-27-15-19/h1-6,9,12-13,15,20H,7-8,10-11,14H2,(H,23,25). The molecule has 0 bridgehead atoms. The molecule has 0 radical (unpaired) electrons. The van der Waals surface area contributed by atoms with Crippen molar-refractivity contribution in [1.82, 2.24) is 10.2 Å². The molecule has 1 aliphatic rings. The molecular weight excluding hydrogens is 340 g/mol. The smallest absolute Gasteiger partial charge is 0.257 e. The molecule has 1 aliphatic heterocycles. The summed E-state index contributed by atoms with van der Waals surface area (Å²) in [6.45, 7) is 1.29. The summed E-state index contributed by atoms with van der Waals surface area (Å²) in [6, 6.07) is 16.1.